The zero-order valence-electron chi connectivity index (χ0n) is 14.4. The Hall–Kier alpha value is -1.56. The molecule has 0 amide bonds. The maximum atomic E-state index is 12.4. The van der Waals surface area contributed by atoms with Crippen molar-refractivity contribution < 1.29 is 13.2 Å². The molecule has 2 aromatic rings. The van der Waals surface area contributed by atoms with Crippen molar-refractivity contribution in [2.24, 2.45) is 0 Å². The maximum absolute atomic E-state index is 12.4. The molecule has 1 heterocycles. The van der Waals surface area contributed by atoms with Gasteiger partial charge in [0.05, 0.1) is 12.4 Å². The van der Waals surface area contributed by atoms with E-state index in [9.17, 15) is 8.42 Å². The van der Waals surface area contributed by atoms with Crippen molar-refractivity contribution in [3.63, 3.8) is 0 Å². The van der Waals surface area contributed by atoms with Gasteiger partial charge in [0.1, 0.15) is 5.75 Å². The van der Waals surface area contributed by atoms with E-state index >= 15 is 0 Å². The van der Waals surface area contributed by atoms with Crippen LogP contribution in [0.1, 0.15) is 35.4 Å². The quantitative estimate of drug-likeness (QED) is 0.817. The Morgan fingerprint density at radius 1 is 1.12 bits per heavy atom. The molecule has 0 unspecified atom stereocenters. The molecule has 2 aliphatic rings. The average Bonchev–Trinajstić information content (AvgIpc) is 3.05. The van der Waals surface area contributed by atoms with Gasteiger partial charge in [-0.05, 0) is 60.1 Å². The number of hydrogen-bond acceptors (Lipinski definition) is 3. The van der Waals surface area contributed by atoms with Crippen LogP contribution < -0.4 is 9.46 Å². The fraction of sp³-hybridized carbons (Fsp3) is 0.400. The third-order valence-electron chi connectivity index (χ3n) is 5.24. The van der Waals surface area contributed by atoms with Crippen molar-refractivity contribution in [2.45, 2.75) is 37.6 Å². The van der Waals surface area contributed by atoms with Gasteiger partial charge < -0.3 is 4.74 Å². The van der Waals surface area contributed by atoms with Gasteiger partial charge in [-0.25, -0.2) is 13.1 Å². The van der Waals surface area contributed by atoms with Crippen molar-refractivity contribution in [3.05, 3.63) is 64.2 Å². The van der Waals surface area contributed by atoms with Crippen LogP contribution in [0.5, 0.6) is 5.75 Å². The molecule has 0 spiro atoms. The lowest BCUT2D eigenvalue weighted by Crippen LogP contribution is -2.44. The third-order valence-corrected chi connectivity index (χ3v) is 6.93. The molecule has 0 aromatic heterocycles. The molecule has 0 bridgehead atoms. The van der Waals surface area contributed by atoms with Crippen molar-refractivity contribution >= 4 is 21.6 Å². The molecular formula is C20H22ClNO3S. The number of sulfonamides is 1. The zero-order valence-corrected chi connectivity index (χ0v) is 16.0. The number of fused-ring (bicyclic) bond motifs is 1. The molecule has 1 fully saturated rings. The zero-order chi connectivity index (χ0) is 18.1. The molecule has 1 saturated carbocycles. The van der Waals surface area contributed by atoms with Crippen LogP contribution in [-0.4, -0.2) is 26.8 Å². The van der Waals surface area contributed by atoms with E-state index in [1.165, 1.54) is 11.1 Å². The van der Waals surface area contributed by atoms with Crippen LogP contribution in [0, 0.1) is 0 Å². The van der Waals surface area contributed by atoms with E-state index in [1.54, 1.807) is 0 Å². The Morgan fingerprint density at radius 3 is 2.65 bits per heavy atom. The Kier molecular flexibility index (Phi) is 4.95. The summed E-state index contributed by atoms with van der Waals surface area (Å²) in [6.07, 6.45) is 3.12. The summed E-state index contributed by atoms with van der Waals surface area (Å²) in [5, 5.41) is 0.725. The molecule has 2 aromatic carbocycles. The molecule has 4 rings (SSSR count). The maximum Gasteiger partial charge on any atom is 0.212 e. The molecule has 1 aliphatic carbocycles. The Morgan fingerprint density at radius 2 is 1.88 bits per heavy atom. The smallest absolute Gasteiger partial charge is 0.212 e. The second kappa shape index (κ2) is 7.22. The fourth-order valence-corrected chi connectivity index (χ4v) is 5.13. The van der Waals surface area contributed by atoms with Crippen LogP contribution in [-0.2, 0) is 22.9 Å². The summed E-state index contributed by atoms with van der Waals surface area (Å²) in [7, 11) is -3.27. The second-order valence-corrected chi connectivity index (χ2v) is 9.45. The van der Waals surface area contributed by atoms with Crippen molar-refractivity contribution in [1.82, 2.24) is 4.72 Å². The van der Waals surface area contributed by atoms with Crippen LogP contribution in [0.3, 0.4) is 0 Å². The van der Waals surface area contributed by atoms with Gasteiger partial charge in [-0.15, -0.1) is 0 Å². The summed E-state index contributed by atoms with van der Waals surface area (Å²) in [6.45, 7) is 0.717. The second-order valence-electron chi connectivity index (χ2n) is 7.14. The van der Waals surface area contributed by atoms with Crippen molar-refractivity contribution in [2.75, 3.05) is 12.4 Å². The first-order valence-corrected chi connectivity index (χ1v) is 11.0. The van der Waals surface area contributed by atoms with Gasteiger partial charge in [-0.3, -0.25) is 0 Å². The number of hydrogen-bond donors (Lipinski definition) is 1. The molecule has 26 heavy (non-hydrogen) atoms. The predicted octanol–water partition coefficient (Wildman–Crippen LogP) is 3.68. The van der Waals surface area contributed by atoms with Gasteiger partial charge in [0.25, 0.3) is 0 Å². The fourth-order valence-electron chi connectivity index (χ4n) is 3.68. The normalized spacial score (nSPS) is 21.7. The van der Waals surface area contributed by atoms with E-state index in [-0.39, 0.29) is 11.8 Å². The lowest BCUT2D eigenvalue weighted by molar-refractivity contribution is 0.326. The van der Waals surface area contributed by atoms with Gasteiger partial charge in [-0.1, -0.05) is 35.9 Å². The van der Waals surface area contributed by atoms with Gasteiger partial charge in [0.2, 0.25) is 10.0 Å². The number of benzene rings is 2. The largest absolute Gasteiger partial charge is 0.493 e. The molecular weight excluding hydrogens is 370 g/mol. The molecule has 1 aliphatic heterocycles. The first-order chi connectivity index (χ1) is 12.5. The van der Waals surface area contributed by atoms with Crippen molar-refractivity contribution in [3.8, 4) is 5.75 Å². The predicted molar refractivity (Wildman–Crippen MR) is 103 cm³/mol. The topological polar surface area (TPSA) is 55.4 Å². The first-order valence-electron chi connectivity index (χ1n) is 8.98. The first kappa shape index (κ1) is 17.8. The van der Waals surface area contributed by atoms with Crippen LogP contribution in [0.15, 0.2) is 42.5 Å². The molecule has 0 radical (unpaired) electrons. The highest BCUT2D eigenvalue weighted by atomic mass is 35.5. The van der Waals surface area contributed by atoms with Crippen LogP contribution in [0.25, 0.3) is 0 Å². The highest BCUT2D eigenvalue weighted by Crippen LogP contribution is 2.37. The van der Waals surface area contributed by atoms with E-state index in [1.807, 2.05) is 36.4 Å². The highest BCUT2D eigenvalue weighted by molar-refractivity contribution is 7.89. The minimum Gasteiger partial charge on any atom is -0.493 e. The summed E-state index contributed by atoms with van der Waals surface area (Å²) in [5.74, 6) is 1.46. The minimum absolute atomic E-state index is 0.0362. The Bertz CT molecular complexity index is 890. The number of halogens is 1. The third kappa shape index (κ3) is 4.05. The van der Waals surface area contributed by atoms with Crippen LogP contribution in [0.2, 0.25) is 5.02 Å². The molecule has 6 heteroatoms. The van der Waals surface area contributed by atoms with Crippen LogP contribution in [0.4, 0.5) is 0 Å². The summed E-state index contributed by atoms with van der Waals surface area (Å²) in [6, 6.07) is 13.8. The lowest BCUT2D eigenvalue weighted by Gasteiger charge is -2.36. The summed E-state index contributed by atoms with van der Waals surface area (Å²) in [5.41, 5.74) is 3.45. The molecule has 138 valence electrons. The van der Waals surface area contributed by atoms with Gasteiger partial charge in [0, 0.05) is 17.5 Å². The van der Waals surface area contributed by atoms with Gasteiger partial charge in [0.15, 0.2) is 0 Å². The molecule has 4 nitrogen and oxygen atoms in total. The Labute approximate surface area is 159 Å². The van der Waals surface area contributed by atoms with E-state index in [4.69, 9.17) is 16.3 Å². The SMILES string of the molecule is O=S(=O)(CCc1ccc2c(c1)CCO2)NC1CC(c2ccc(Cl)cc2)C1. The van der Waals surface area contributed by atoms with Gasteiger partial charge in [-0.2, -0.15) is 0 Å². The van der Waals surface area contributed by atoms with E-state index in [0.717, 1.165) is 42.2 Å². The standard InChI is InChI=1S/C20H22ClNO3S/c21-18-4-2-15(3-5-18)17-12-19(13-17)22-26(23,24)10-8-14-1-6-20-16(11-14)7-9-25-20/h1-6,11,17,19,22H,7-10,12-13H2. The molecule has 1 N–H and O–H groups in total. The monoisotopic (exact) mass is 391 g/mol. The average molecular weight is 392 g/mol. The summed E-state index contributed by atoms with van der Waals surface area (Å²) in [4.78, 5) is 0. The van der Waals surface area contributed by atoms with Crippen molar-refractivity contribution in [1.29, 1.82) is 0 Å². The number of nitrogens with one attached hydrogen (secondary N) is 1. The summed E-state index contributed by atoms with van der Waals surface area (Å²) >= 11 is 5.91. The van der Waals surface area contributed by atoms with Gasteiger partial charge >= 0.3 is 0 Å². The minimum atomic E-state index is -3.27. The number of ether oxygens (including phenoxy) is 1. The lowest BCUT2D eigenvalue weighted by atomic mass is 9.76. The Balaban J connectivity index is 1.28. The highest BCUT2D eigenvalue weighted by Gasteiger charge is 2.32. The van der Waals surface area contributed by atoms with E-state index in [2.05, 4.69) is 10.8 Å². The number of rotatable bonds is 6. The number of aryl methyl sites for hydroxylation is 1. The van der Waals surface area contributed by atoms with E-state index in [0.29, 0.717) is 12.3 Å². The van der Waals surface area contributed by atoms with Crippen LogP contribution >= 0.6 is 11.6 Å². The molecule has 0 atom stereocenters. The molecule has 0 saturated heterocycles. The summed E-state index contributed by atoms with van der Waals surface area (Å²) < 4.78 is 33.1. The van der Waals surface area contributed by atoms with E-state index < -0.39 is 10.0 Å².